The third-order valence-corrected chi connectivity index (χ3v) is 7.33. The van der Waals surface area contributed by atoms with Gasteiger partial charge in [-0.15, -0.1) is 0 Å². The number of para-hydroxylation sites is 1. The van der Waals surface area contributed by atoms with Gasteiger partial charge >= 0.3 is 0 Å². The van der Waals surface area contributed by atoms with Gasteiger partial charge in [0.25, 0.3) is 15.9 Å². The van der Waals surface area contributed by atoms with Crippen molar-refractivity contribution in [1.82, 2.24) is 5.32 Å². The number of anilines is 1. The number of nitrogens with one attached hydrogen (secondary N) is 1. The Hall–Kier alpha value is -3.21. The van der Waals surface area contributed by atoms with E-state index >= 15 is 0 Å². The van der Waals surface area contributed by atoms with Crippen LogP contribution in [0.3, 0.4) is 0 Å². The molecular weight excluding hydrogens is 438 g/mol. The largest absolute Gasteiger partial charge is 0.348 e. The summed E-state index contributed by atoms with van der Waals surface area (Å²) in [7, 11) is -6.07. The highest BCUT2D eigenvalue weighted by molar-refractivity contribution is 7.92. The quantitative estimate of drug-likeness (QED) is 0.559. The summed E-state index contributed by atoms with van der Waals surface area (Å²) in [5.74, 6) is -0.393. The monoisotopic (exact) mass is 459 g/mol. The van der Waals surface area contributed by atoms with E-state index in [1.165, 1.54) is 47.8 Å². The first kappa shape index (κ1) is 22.5. The summed E-state index contributed by atoms with van der Waals surface area (Å²) in [6, 6.07) is 20.1. The van der Waals surface area contributed by atoms with Crippen LogP contribution >= 0.6 is 0 Å². The maximum atomic E-state index is 12.8. The average Bonchev–Trinajstić information content (AvgIpc) is 2.77. The number of hydrogen-bond donors (Lipinski definition) is 2. The van der Waals surface area contributed by atoms with E-state index in [4.69, 9.17) is 5.14 Å². The van der Waals surface area contributed by atoms with Crippen molar-refractivity contribution in [3.05, 3.63) is 90.0 Å². The molecule has 0 atom stereocenters. The maximum Gasteiger partial charge on any atom is 0.264 e. The van der Waals surface area contributed by atoms with E-state index in [2.05, 4.69) is 5.32 Å². The van der Waals surface area contributed by atoms with Gasteiger partial charge in [-0.3, -0.25) is 9.10 Å². The molecule has 162 valence electrons. The van der Waals surface area contributed by atoms with E-state index in [0.717, 1.165) is 0 Å². The molecule has 3 aromatic rings. The highest BCUT2D eigenvalue weighted by Gasteiger charge is 2.21. The van der Waals surface area contributed by atoms with Gasteiger partial charge in [0, 0.05) is 19.2 Å². The van der Waals surface area contributed by atoms with Crippen LogP contribution in [0.15, 0.2) is 88.7 Å². The molecule has 8 nitrogen and oxygen atoms in total. The van der Waals surface area contributed by atoms with Crippen LogP contribution in [0.25, 0.3) is 0 Å². The number of nitrogens with zero attached hydrogens (tertiary/aromatic N) is 1. The molecule has 0 aliphatic rings. The molecule has 0 aliphatic carbocycles. The Labute approximate surface area is 181 Å². The number of sulfonamides is 2. The Kier molecular flexibility index (Phi) is 6.44. The van der Waals surface area contributed by atoms with E-state index < -0.39 is 26.0 Å². The molecule has 0 radical (unpaired) electrons. The fourth-order valence-electron chi connectivity index (χ4n) is 2.79. The van der Waals surface area contributed by atoms with Crippen molar-refractivity contribution in [1.29, 1.82) is 0 Å². The van der Waals surface area contributed by atoms with Crippen molar-refractivity contribution in [2.75, 3.05) is 11.4 Å². The number of carbonyl (C=O) groups excluding carboxylic acids is 1. The van der Waals surface area contributed by atoms with Crippen molar-refractivity contribution in [3.63, 3.8) is 0 Å². The maximum absolute atomic E-state index is 12.8. The molecule has 3 aromatic carbocycles. The summed E-state index contributed by atoms with van der Waals surface area (Å²) in [6.07, 6.45) is 0. The highest BCUT2D eigenvalue weighted by atomic mass is 32.2. The first-order chi connectivity index (χ1) is 14.6. The predicted octanol–water partition coefficient (Wildman–Crippen LogP) is 2.09. The summed E-state index contributed by atoms with van der Waals surface area (Å²) >= 11 is 0. The Morgan fingerprint density at radius 3 is 1.94 bits per heavy atom. The summed E-state index contributed by atoms with van der Waals surface area (Å²) in [4.78, 5) is 12.4. The zero-order chi connectivity index (χ0) is 22.6. The van der Waals surface area contributed by atoms with Crippen molar-refractivity contribution < 1.29 is 21.6 Å². The molecule has 3 rings (SSSR count). The van der Waals surface area contributed by atoms with Gasteiger partial charge in [-0.05, 0) is 54.1 Å². The van der Waals surface area contributed by atoms with E-state index in [9.17, 15) is 21.6 Å². The minimum atomic E-state index is -3.77. The van der Waals surface area contributed by atoms with Crippen molar-refractivity contribution >= 4 is 31.6 Å². The number of rotatable bonds is 7. The molecule has 1 amide bonds. The topological polar surface area (TPSA) is 127 Å². The third-order valence-electron chi connectivity index (χ3n) is 4.60. The summed E-state index contributed by atoms with van der Waals surface area (Å²) < 4.78 is 49.3. The molecule has 0 fully saturated rings. The van der Waals surface area contributed by atoms with Gasteiger partial charge in [-0.25, -0.2) is 22.0 Å². The fourth-order valence-corrected chi connectivity index (χ4v) is 4.51. The molecule has 0 aromatic heterocycles. The number of benzene rings is 3. The fraction of sp³-hybridized carbons (Fsp3) is 0.0952. The van der Waals surface area contributed by atoms with Crippen molar-refractivity contribution in [2.45, 2.75) is 16.3 Å². The van der Waals surface area contributed by atoms with Crippen LogP contribution in [-0.4, -0.2) is 29.8 Å². The molecule has 0 unspecified atom stereocenters. The standard InChI is InChI=1S/C21H21N3O5S2/c1-24(18-5-3-2-4-6-18)31(28,29)20-13-9-17(10-14-20)21(25)23-15-16-7-11-19(12-8-16)30(22,26)27/h2-14H,15H2,1H3,(H,23,25)(H2,22,26,27). The molecule has 31 heavy (non-hydrogen) atoms. The van der Waals surface area contributed by atoms with E-state index in [-0.39, 0.29) is 16.3 Å². The van der Waals surface area contributed by atoms with Crippen LogP contribution < -0.4 is 14.8 Å². The molecule has 0 saturated carbocycles. The van der Waals surface area contributed by atoms with Crippen LogP contribution in [0.2, 0.25) is 0 Å². The molecular formula is C21H21N3O5S2. The smallest absolute Gasteiger partial charge is 0.264 e. The zero-order valence-corrected chi connectivity index (χ0v) is 18.2. The molecule has 3 N–H and O–H groups in total. The summed E-state index contributed by atoms with van der Waals surface area (Å²) in [6.45, 7) is 0.167. The molecule has 0 saturated heterocycles. The predicted molar refractivity (Wildman–Crippen MR) is 117 cm³/mol. The Morgan fingerprint density at radius 1 is 0.839 bits per heavy atom. The van der Waals surface area contributed by atoms with E-state index in [0.29, 0.717) is 16.8 Å². The van der Waals surface area contributed by atoms with Gasteiger partial charge < -0.3 is 5.32 Å². The average molecular weight is 460 g/mol. The van der Waals surface area contributed by atoms with Crippen LogP contribution in [-0.2, 0) is 26.6 Å². The molecule has 0 aliphatic heterocycles. The SMILES string of the molecule is CN(c1ccccc1)S(=O)(=O)c1ccc(C(=O)NCc2ccc(S(N)(=O)=O)cc2)cc1. The lowest BCUT2D eigenvalue weighted by molar-refractivity contribution is 0.0950. The lowest BCUT2D eigenvalue weighted by Gasteiger charge is -2.19. The highest BCUT2D eigenvalue weighted by Crippen LogP contribution is 2.22. The van der Waals surface area contributed by atoms with Crippen LogP contribution in [0.4, 0.5) is 5.69 Å². The summed E-state index contributed by atoms with van der Waals surface area (Å²) in [5.41, 5.74) is 1.50. The Morgan fingerprint density at radius 2 is 1.39 bits per heavy atom. The van der Waals surface area contributed by atoms with Crippen LogP contribution in [0.1, 0.15) is 15.9 Å². The third kappa shape index (κ3) is 5.29. The molecule has 0 spiro atoms. The first-order valence-electron chi connectivity index (χ1n) is 9.13. The number of primary sulfonamides is 1. The van der Waals surface area contributed by atoms with Crippen LogP contribution in [0, 0.1) is 0 Å². The second-order valence-electron chi connectivity index (χ2n) is 6.70. The molecule has 0 bridgehead atoms. The minimum absolute atomic E-state index is 0.0140. The van der Waals surface area contributed by atoms with Crippen LogP contribution in [0.5, 0.6) is 0 Å². The van der Waals surface area contributed by atoms with Gasteiger partial charge in [0.05, 0.1) is 15.5 Å². The van der Waals surface area contributed by atoms with Gasteiger partial charge in [0.2, 0.25) is 10.0 Å². The van der Waals surface area contributed by atoms with Gasteiger partial charge in [0.1, 0.15) is 0 Å². The summed E-state index contributed by atoms with van der Waals surface area (Å²) in [5, 5.41) is 7.76. The van der Waals surface area contributed by atoms with Gasteiger partial charge in [-0.1, -0.05) is 30.3 Å². The lowest BCUT2D eigenvalue weighted by atomic mass is 10.2. The zero-order valence-electron chi connectivity index (χ0n) is 16.6. The second-order valence-corrected chi connectivity index (χ2v) is 10.2. The van der Waals surface area contributed by atoms with Gasteiger partial charge in [0.15, 0.2) is 0 Å². The normalized spacial score (nSPS) is 11.7. The molecule has 0 heterocycles. The number of nitrogens with two attached hydrogens (primary N) is 1. The Bertz CT molecular complexity index is 1270. The second kappa shape index (κ2) is 8.88. The lowest BCUT2D eigenvalue weighted by Crippen LogP contribution is -2.27. The van der Waals surface area contributed by atoms with Crippen molar-refractivity contribution in [2.24, 2.45) is 5.14 Å². The Balaban J connectivity index is 1.67. The van der Waals surface area contributed by atoms with E-state index in [1.807, 2.05) is 0 Å². The van der Waals surface area contributed by atoms with E-state index in [1.54, 1.807) is 42.5 Å². The first-order valence-corrected chi connectivity index (χ1v) is 12.1. The minimum Gasteiger partial charge on any atom is -0.348 e. The van der Waals surface area contributed by atoms with Crippen molar-refractivity contribution in [3.8, 4) is 0 Å². The van der Waals surface area contributed by atoms with Gasteiger partial charge in [-0.2, -0.15) is 0 Å². The number of amides is 1. The molecule has 10 heteroatoms. The number of carbonyl (C=O) groups is 1. The number of hydrogen-bond acceptors (Lipinski definition) is 5.